The van der Waals surface area contributed by atoms with Gasteiger partial charge in [0.1, 0.15) is 11.3 Å². The van der Waals surface area contributed by atoms with E-state index < -0.39 is 5.97 Å². The maximum Gasteiger partial charge on any atom is 0.341 e. The van der Waals surface area contributed by atoms with Gasteiger partial charge in [0.2, 0.25) is 5.88 Å². The fraction of sp³-hybridized carbons (Fsp3) is 0.294. The lowest BCUT2D eigenvalue weighted by Crippen LogP contribution is -2.11. The predicted octanol–water partition coefficient (Wildman–Crippen LogP) is 3.76. The molecule has 1 aliphatic carbocycles. The summed E-state index contributed by atoms with van der Waals surface area (Å²) in [5.41, 5.74) is 3.26. The average Bonchev–Trinajstić information content (AvgIpc) is 2.48. The normalized spacial score (nSPS) is 13.6. The van der Waals surface area contributed by atoms with Gasteiger partial charge < -0.3 is 9.84 Å². The lowest BCUT2D eigenvalue weighted by molar-refractivity contribution is 0.0693. The van der Waals surface area contributed by atoms with Crippen molar-refractivity contribution in [3.63, 3.8) is 0 Å². The van der Waals surface area contributed by atoms with Crippen LogP contribution in [0.15, 0.2) is 30.3 Å². The Labute approximate surface area is 123 Å². The highest BCUT2D eigenvalue weighted by atomic mass is 16.5. The van der Waals surface area contributed by atoms with Crippen molar-refractivity contribution in [2.45, 2.75) is 32.6 Å². The van der Waals surface area contributed by atoms with E-state index >= 15 is 0 Å². The average molecular weight is 283 g/mol. The molecule has 0 amide bonds. The second kappa shape index (κ2) is 5.56. The van der Waals surface area contributed by atoms with Crippen molar-refractivity contribution in [1.82, 2.24) is 4.98 Å². The highest BCUT2D eigenvalue weighted by Crippen LogP contribution is 2.29. The standard InChI is InChI=1S/C17H17NO3/c1-11-6-8-13(9-7-11)21-16-14(17(19)20)10-12-4-2-3-5-15(12)18-16/h6-10H,2-5H2,1H3,(H,19,20). The van der Waals surface area contributed by atoms with E-state index in [2.05, 4.69) is 4.98 Å². The Balaban J connectivity index is 1.99. The number of nitrogens with zero attached hydrogens (tertiary/aromatic N) is 1. The molecule has 1 aliphatic rings. The minimum Gasteiger partial charge on any atom is -0.477 e. The van der Waals surface area contributed by atoms with Crippen molar-refractivity contribution >= 4 is 5.97 Å². The number of aromatic nitrogens is 1. The molecule has 0 aliphatic heterocycles. The van der Waals surface area contributed by atoms with Crippen LogP contribution in [0.4, 0.5) is 0 Å². The molecule has 4 nitrogen and oxygen atoms in total. The molecular weight excluding hydrogens is 266 g/mol. The first-order valence-corrected chi connectivity index (χ1v) is 7.14. The monoisotopic (exact) mass is 283 g/mol. The number of carbonyl (C=O) groups is 1. The summed E-state index contributed by atoms with van der Waals surface area (Å²) < 4.78 is 5.70. The van der Waals surface area contributed by atoms with E-state index in [0.717, 1.165) is 42.5 Å². The van der Waals surface area contributed by atoms with Crippen LogP contribution < -0.4 is 4.74 Å². The van der Waals surface area contributed by atoms with Crippen LogP contribution in [0, 0.1) is 6.92 Å². The van der Waals surface area contributed by atoms with Crippen molar-refractivity contribution in [1.29, 1.82) is 0 Å². The van der Waals surface area contributed by atoms with Gasteiger partial charge in [-0.15, -0.1) is 0 Å². The first-order chi connectivity index (χ1) is 10.1. The highest BCUT2D eigenvalue weighted by molar-refractivity contribution is 5.90. The van der Waals surface area contributed by atoms with Gasteiger partial charge in [0.05, 0.1) is 0 Å². The number of ether oxygens (including phenoxy) is 1. The molecule has 2 aromatic rings. The zero-order valence-corrected chi connectivity index (χ0v) is 11.9. The van der Waals surface area contributed by atoms with Crippen LogP contribution >= 0.6 is 0 Å². The lowest BCUT2D eigenvalue weighted by atomic mass is 9.95. The van der Waals surface area contributed by atoms with E-state index in [1.807, 2.05) is 31.2 Å². The molecule has 0 unspecified atom stereocenters. The number of carboxylic acids is 1. The Hall–Kier alpha value is -2.36. The third-order valence-corrected chi connectivity index (χ3v) is 3.73. The van der Waals surface area contributed by atoms with Crippen LogP contribution in [0.25, 0.3) is 0 Å². The number of aryl methyl sites for hydroxylation is 3. The Morgan fingerprint density at radius 1 is 1.19 bits per heavy atom. The van der Waals surface area contributed by atoms with Crippen molar-refractivity contribution in [2.75, 3.05) is 0 Å². The molecule has 0 fully saturated rings. The number of benzene rings is 1. The summed E-state index contributed by atoms with van der Waals surface area (Å²) in [6.45, 7) is 1.99. The van der Waals surface area contributed by atoms with E-state index in [1.54, 1.807) is 6.07 Å². The van der Waals surface area contributed by atoms with Crippen molar-refractivity contribution < 1.29 is 14.6 Å². The summed E-state index contributed by atoms with van der Waals surface area (Å²) >= 11 is 0. The maximum absolute atomic E-state index is 11.4. The summed E-state index contributed by atoms with van der Waals surface area (Å²) in [4.78, 5) is 15.9. The largest absolute Gasteiger partial charge is 0.477 e. The smallest absolute Gasteiger partial charge is 0.341 e. The summed E-state index contributed by atoms with van der Waals surface area (Å²) in [6.07, 6.45) is 3.97. The molecule has 0 radical (unpaired) electrons. The Morgan fingerprint density at radius 2 is 1.90 bits per heavy atom. The van der Waals surface area contributed by atoms with Crippen LogP contribution in [0.3, 0.4) is 0 Å². The Morgan fingerprint density at radius 3 is 2.62 bits per heavy atom. The van der Waals surface area contributed by atoms with Crippen molar-refractivity contribution in [3.8, 4) is 11.6 Å². The van der Waals surface area contributed by atoms with Crippen LogP contribution in [0.2, 0.25) is 0 Å². The molecule has 0 spiro atoms. The first-order valence-electron chi connectivity index (χ1n) is 7.14. The van der Waals surface area contributed by atoms with Crippen LogP contribution in [0.1, 0.15) is 40.0 Å². The van der Waals surface area contributed by atoms with Gasteiger partial charge in [0.25, 0.3) is 0 Å². The highest BCUT2D eigenvalue weighted by Gasteiger charge is 2.20. The van der Waals surface area contributed by atoms with E-state index in [0.29, 0.717) is 5.75 Å². The van der Waals surface area contributed by atoms with E-state index in [9.17, 15) is 9.90 Å². The molecular formula is C17H17NO3. The van der Waals surface area contributed by atoms with Gasteiger partial charge in [0, 0.05) is 5.69 Å². The Bertz CT molecular complexity index is 677. The minimum absolute atomic E-state index is 0.135. The first kappa shape index (κ1) is 13.6. The molecule has 0 atom stereocenters. The van der Waals surface area contributed by atoms with Crippen molar-refractivity contribution in [2.24, 2.45) is 0 Å². The van der Waals surface area contributed by atoms with Crippen LogP contribution in [0.5, 0.6) is 11.6 Å². The quantitative estimate of drug-likeness (QED) is 0.931. The summed E-state index contributed by atoms with van der Waals surface area (Å²) in [5.74, 6) is -0.212. The van der Waals surface area contributed by atoms with E-state index in [4.69, 9.17) is 4.74 Å². The molecule has 0 saturated heterocycles. The number of rotatable bonds is 3. The zero-order chi connectivity index (χ0) is 14.8. The lowest BCUT2D eigenvalue weighted by Gasteiger charge is -2.17. The summed E-state index contributed by atoms with van der Waals surface area (Å²) in [6, 6.07) is 9.21. The minimum atomic E-state index is -1.00. The maximum atomic E-state index is 11.4. The molecule has 4 heteroatoms. The summed E-state index contributed by atoms with van der Waals surface area (Å²) in [5, 5.41) is 9.37. The molecule has 1 N–H and O–H groups in total. The zero-order valence-electron chi connectivity index (χ0n) is 11.9. The summed E-state index contributed by atoms with van der Waals surface area (Å²) in [7, 11) is 0. The number of carboxylic acid groups (broad SMARTS) is 1. The second-order valence-electron chi connectivity index (χ2n) is 5.37. The predicted molar refractivity (Wildman–Crippen MR) is 79.1 cm³/mol. The van der Waals surface area contributed by atoms with Crippen LogP contribution in [-0.2, 0) is 12.8 Å². The van der Waals surface area contributed by atoms with Gasteiger partial charge >= 0.3 is 5.97 Å². The fourth-order valence-electron chi connectivity index (χ4n) is 2.56. The number of pyridine rings is 1. The van der Waals surface area contributed by atoms with E-state index in [-0.39, 0.29) is 11.4 Å². The van der Waals surface area contributed by atoms with Gasteiger partial charge in [-0.05, 0) is 56.4 Å². The van der Waals surface area contributed by atoms with Gasteiger partial charge in [-0.2, -0.15) is 0 Å². The number of fused-ring (bicyclic) bond motifs is 1. The third kappa shape index (κ3) is 2.89. The number of hydrogen-bond donors (Lipinski definition) is 1. The molecule has 1 heterocycles. The van der Waals surface area contributed by atoms with E-state index in [1.165, 1.54) is 0 Å². The Kier molecular flexibility index (Phi) is 3.60. The second-order valence-corrected chi connectivity index (χ2v) is 5.37. The number of hydrogen-bond acceptors (Lipinski definition) is 3. The third-order valence-electron chi connectivity index (χ3n) is 3.73. The van der Waals surface area contributed by atoms with Gasteiger partial charge in [-0.1, -0.05) is 17.7 Å². The SMILES string of the molecule is Cc1ccc(Oc2nc3c(cc2C(=O)O)CCCC3)cc1. The number of aromatic carboxylic acids is 1. The van der Waals surface area contributed by atoms with Crippen LogP contribution in [-0.4, -0.2) is 16.1 Å². The molecule has 3 rings (SSSR count). The molecule has 21 heavy (non-hydrogen) atoms. The molecule has 0 bridgehead atoms. The van der Waals surface area contributed by atoms with Crippen molar-refractivity contribution in [3.05, 3.63) is 52.7 Å². The molecule has 1 aromatic carbocycles. The topological polar surface area (TPSA) is 59.4 Å². The van der Waals surface area contributed by atoms with Gasteiger partial charge in [0.15, 0.2) is 0 Å². The fourth-order valence-corrected chi connectivity index (χ4v) is 2.56. The van der Waals surface area contributed by atoms with Gasteiger partial charge in [-0.25, -0.2) is 9.78 Å². The molecule has 0 saturated carbocycles. The van der Waals surface area contributed by atoms with Gasteiger partial charge in [-0.3, -0.25) is 0 Å². The molecule has 1 aromatic heterocycles. The molecule has 108 valence electrons.